The smallest absolute Gasteiger partial charge is 0.257 e. The molecule has 1 fully saturated rings. The number of aryl methyl sites for hydroxylation is 1. The van der Waals surface area contributed by atoms with Gasteiger partial charge in [-0.15, -0.1) is 0 Å². The van der Waals surface area contributed by atoms with Crippen LogP contribution in [-0.4, -0.2) is 53.6 Å². The summed E-state index contributed by atoms with van der Waals surface area (Å²) >= 11 is 0. The van der Waals surface area contributed by atoms with Gasteiger partial charge in [-0.2, -0.15) is 0 Å². The predicted octanol–water partition coefficient (Wildman–Crippen LogP) is 3.17. The van der Waals surface area contributed by atoms with Crippen LogP contribution in [0.3, 0.4) is 0 Å². The molecule has 1 N–H and O–H groups in total. The summed E-state index contributed by atoms with van der Waals surface area (Å²) in [4.78, 5) is 17.7. The molecule has 6 nitrogen and oxygen atoms in total. The van der Waals surface area contributed by atoms with Gasteiger partial charge < -0.3 is 14.7 Å². The van der Waals surface area contributed by atoms with E-state index in [0.717, 1.165) is 44.8 Å². The van der Waals surface area contributed by atoms with Crippen LogP contribution in [0.5, 0.6) is 0 Å². The average Bonchev–Trinajstić information content (AvgIpc) is 3.09. The number of carbonyl (C=O) groups is 1. The highest BCUT2D eigenvalue weighted by Gasteiger charge is 2.22. The molecule has 2 heterocycles. The summed E-state index contributed by atoms with van der Waals surface area (Å²) in [5.74, 6) is 0.655. The van der Waals surface area contributed by atoms with Gasteiger partial charge in [0, 0.05) is 45.2 Å². The van der Waals surface area contributed by atoms with Crippen LogP contribution < -0.4 is 5.32 Å². The topological polar surface area (TPSA) is 61.6 Å². The van der Waals surface area contributed by atoms with Crippen molar-refractivity contribution in [2.24, 2.45) is 0 Å². The van der Waals surface area contributed by atoms with Crippen molar-refractivity contribution in [2.75, 3.05) is 32.7 Å². The predicted molar refractivity (Wildman–Crippen MR) is 110 cm³/mol. The van der Waals surface area contributed by atoms with Gasteiger partial charge in [0.25, 0.3) is 5.91 Å². The van der Waals surface area contributed by atoms with Gasteiger partial charge in [0.2, 0.25) is 0 Å². The van der Waals surface area contributed by atoms with Crippen LogP contribution >= 0.6 is 0 Å². The van der Waals surface area contributed by atoms with Crippen molar-refractivity contribution >= 4 is 5.91 Å². The summed E-state index contributed by atoms with van der Waals surface area (Å²) in [5.41, 5.74) is 3.65. The minimum Gasteiger partial charge on any atom is -0.360 e. The molecule has 1 amide bonds. The fourth-order valence-corrected chi connectivity index (χ4v) is 3.71. The molecule has 0 saturated carbocycles. The molecule has 28 heavy (non-hydrogen) atoms. The van der Waals surface area contributed by atoms with Gasteiger partial charge in [-0.3, -0.25) is 9.69 Å². The molecule has 0 bridgehead atoms. The molecule has 6 heteroatoms. The van der Waals surface area contributed by atoms with Crippen LogP contribution in [0.4, 0.5) is 0 Å². The Labute approximate surface area is 167 Å². The molecule has 1 aliphatic rings. The van der Waals surface area contributed by atoms with Crippen molar-refractivity contribution in [1.29, 1.82) is 0 Å². The molecule has 1 saturated heterocycles. The van der Waals surface area contributed by atoms with Gasteiger partial charge in [-0.05, 0) is 24.6 Å². The summed E-state index contributed by atoms with van der Waals surface area (Å²) < 4.78 is 5.35. The quantitative estimate of drug-likeness (QED) is 0.794. The van der Waals surface area contributed by atoms with Crippen molar-refractivity contribution in [3.05, 3.63) is 52.4 Å². The molecule has 0 spiro atoms. The summed E-state index contributed by atoms with van der Waals surface area (Å²) in [5, 5.41) is 7.04. The number of carbonyl (C=O) groups excluding carboxylic acids is 1. The molecule has 0 unspecified atom stereocenters. The Hall–Kier alpha value is -2.18. The Balaban J connectivity index is 1.64. The molecular formula is C22H32N4O2. The largest absolute Gasteiger partial charge is 0.360 e. The molecule has 1 aromatic carbocycles. The van der Waals surface area contributed by atoms with E-state index in [2.05, 4.69) is 45.4 Å². The van der Waals surface area contributed by atoms with E-state index < -0.39 is 0 Å². The second-order valence-corrected chi connectivity index (χ2v) is 7.82. The van der Waals surface area contributed by atoms with E-state index in [1.165, 1.54) is 5.56 Å². The number of aromatic nitrogens is 1. The number of nitrogens with zero attached hydrogens (tertiary/aromatic N) is 3. The first-order valence-corrected chi connectivity index (χ1v) is 10.3. The van der Waals surface area contributed by atoms with E-state index >= 15 is 0 Å². The lowest BCUT2D eigenvalue weighted by Crippen LogP contribution is -2.45. The lowest BCUT2D eigenvalue weighted by atomic mass is 10.0. The van der Waals surface area contributed by atoms with Crippen molar-refractivity contribution in [3.8, 4) is 0 Å². The normalized spacial score (nSPS) is 15.9. The molecule has 0 atom stereocenters. The number of rotatable bonds is 7. The molecule has 0 radical (unpaired) electrons. The van der Waals surface area contributed by atoms with E-state index in [1.54, 1.807) is 0 Å². The lowest BCUT2D eigenvalue weighted by Gasteiger charge is -2.34. The van der Waals surface area contributed by atoms with Crippen LogP contribution in [0.1, 0.15) is 59.6 Å². The maximum Gasteiger partial charge on any atom is 0.257 e. The van der Waals surface area contributed by atoms with Gasteiger partial charge >= 0.3 is 0 Å². The Kier molecular flexibility index (Phi) is 6.86. The SMILES string of the molecule is CCN1CCN(Cc2ccccc2CNC(=O)c2c(C)noc2C(C)C)CC1. The maximum atomic E-state index is 12.8. The molecule has 2 aromatic rings. The number of hydrogen-bond acceptors (Lipinski definition) is 5. The molecule has 1 aromatic heterocycles. The van der Waals surface area contributed by atoms with Crippen LogP contribution in [0.15, 0.2) is 28.8 Å². The van der Waals surface area contributed by atoms with Crippen LogP contribution in [0.25, 0.3) is 0 Å². The van der Waals surface area contributed by atoms with Gasteiger partial charge in [0.05, 0.1) is 5.69 Å². The first kappa shape index (κ1) is 20.6. The first-order valence-electron chi connectivity index (χ1n) is 10.3. The van der Waals surface area contributed by atoms with E-state index in [1.807, 2.05) is 26.8 Å². The zero-order valence-electron chi connectivity index (χ0n) is 17.5. The average molecular weight is 385 g/mol. The third-order valence-electron chi connectivity index (χ3n) is 5.50. The van der Waals surface area contributed by atoms with Gasteiger partial charge in [-0.25, -0.2) is 0 Å². The summed E-state index contributed by atoms with van der Waals surface area (Å²) in [6, 6.07) is 8.37. The van der Waals surface area contributed by atoms with Gasteiger partial charge in [-0.1, -0.05) is 50.2 Å². The van der Waals surface area contributed by atoms with Crippen molar-refractivity contribution < 1.29 is 9.32 Å². The second-order valence-electron chi connectivity index (χ2n) is 7.82. The van der Waals surface area contributed by atoms with Crippen LogP contribution in [-0.2, 0) is 13.1 Å². The zero-order valence-corrected chi connectivity index (χ0v) is 17.5. The van der Waals surface area contributed by atoms with Crippen molar-refractivity contribution in [1.82, 2.24) is 20.3 Å². The number of piperazine rings is 1. The Bertz CT molecular complexity index is 792. The maximum absolute atomic E-state index is 12.8. The first-order chi connectivity index (χ1) is 13.5. The number of benzene rings is 1. The molecule has 3 rings (SSSR count). The van der Waals surface area contributed by atoms with Crippen LogP contribution in [0.2, 0.25) is 0 Å². The summed E-state index contributed by atoms with van der Waals surface area (Å²) in [7, 11) is 0. The lowest BCUT2D eigenvalue weighted by molar-refractivity contribution is 0.0947. The number of nitrogens with one attached hydrogen (secondary N) is 1. The van der Waals surface area contributed by atoms with Crippen LogP contribution in [0, 0.1) is 6.92 Å². The van der Waals surface area contributed by atoms with E-state index in [0.29, 0.717) is 23.6 Å². The zero-order chi connectivity index (χ0) is 20.1. The van der Waals surface area contributed by atoms with Crippen molar-refractivity contribution in [2.45, 2.75) is 46.7 Å². The van der Waals surface area contributed by atoms with Crippen molar-refractivity contribution in [3.63, 3.8) is 0 Å². The monoisotopic (exact) mass is 384 g/mol. The third-order valence-corrected chi connectivity index (χ3v) is 5.50. The number of amides is 1. The summed E-state index contributed by atoms with van der Waals surface area (Å²) in [6.07, 6.45) is 0. The summed E-state index contributed by atoms with van der Waals surface area (Å²) in [6.45, 7) is 15.0. The Morgan fingerprint density at radius 1 is 1.14 bits per heavy atom. The standard InChI is InChI=1S/C22H32N4O2/c1-5-25-10-12-26(13-11-25)15-19-9-7-6-8-18(19)14-23-22(27)20-17(4)24-28-21(20)16(2)3/h6-9,16H,5,10-15H2,1-4H3,(H,23,27). The highest BCUT2D eigenvalue weighted by atomic mass is 16.5. The number of hydrogen-bond donors (Lipinski definition) is 1. The fraction of sp³-hybridized carbons (Fsp3) is 0.545. The minimum atomic E-state index is -0.117. The molecule has 0 aliphatic carbocycles. The Morgan fingerprint density at radius 2 is 1.79 bits per heavy atom. The minimum absolute atomic E-state index is 0.117. The molecular weight excluding hydrogens is 352 g/mol. The highest BCUT2D eigenvalue weighted by Crippen LogP contribution is 2.22. The van der Waals surface area contributed by atoms with Gasteiger partial charge in [0.15, 0.2) is 5.76 Å². The van der Waals surface area contributed by atoms with Gasteiger partial charge in [0.1, 0.15) is 5.56 Å². The van der Waals surface area contributed by atoms with E-state index in [4.69, 9.17) is 4.52 Å². The van der Waals surface area contributed by atoms with E-state index in [9.17, 15) is 4.79 Å². The fourth-order valence-electron chi connectivity index (χ4n) is 3.71. The molecule has 152 valence electrons. The Morgan fingerprint density at radius 3 is 2.43 bits per heavy atom. The second kappa shape index (κ2) is 9.34. The van der Waals surface area contributed by atoms with E-state index in [-0.39, 0.29) is 11.8 Å². The third kappa shape index (κ3) is 4.80. The number of likely N-dealkylation sites (N-methyl/N-ethyl adjacent to an activating group) is 1. The molecule has 1 aliphatic heterocycles. The highest BCUT2D eigenvalue weighted by molar-refractivity contribution is 5.96.